The highest BCUT2D eigenvalue weighted by molar-refractivity contribution is 5.42. The number of benzene rings is 1. The molecule has 2 aliphatic rings. The van der Waals surface area contributed by atoms with Gasteiger partial charge in [0.25, 0.3) is 0 Å². The molecule has 1 atom stereocenters. The van der Waals surface area contributed by atoms with E-state index >= 15 is 0 Å². The van der Waals surface area contributed by atoms with Gasteiger partial charge in [-0.15, -0.1) is 0 Å². The van der Waals surface area contributed by atoms with E-state index in [2.05, 4.69) is 39.0 Å². The SMILES string of the molecule is Cc1ccc2c(c1)C(O)(C1(CN)CCC(C)(C)CC1)CC2. The molecule has 0 aromatic heterocycles. The Hall–Kier alpha value is -0.860. The Morgan fingerprint density at radius 1 is 1.10 bits per heavy atom. The lowest BCUT2D eigenvalue weighted by atomic mass is 9.57. The first-order valence-electron chi connectivity index (χ1n) is 8.34. The van der Waals surface area contributed by atoms with Crippen molar-refractivity contribution >= 4 is 0 Å². The van der Waals surface area contributed by atoms with Crippen LogP contribution in [0.4, 0.5) is 0 Å². The second-order valence-corrected chi connectivity index (χ2v) is 8.17. The van der Waals surface area contributed by atoms with E-state index in [1.807, 2.05) is 0 Å². The minimum absolute atomic E-state index is 0.137. The lowest BCUT2D eigenvalue weighted by molar-refractivity contribution is -0.117. The van der Waals surface area contributed by atoms with Crippen molar-refractivity contribution in [3.63, 3.8) is 0 Å². The second kappa shape index (κ2) is 4.82. The lowest BCUT2D eigenvalue weighted by Crippen LogP contribution is -2.52. The van der Waals surface area contributed by atoms with Crippen molar-refractivity contribution in [2.75, 3.05) is 6.54 Å². The first kappa shape index (κ1) is 15.1. The van der Waals surface area contributed by atoms with E-state index in [0.29, 0.717) is 12.0 Å². The van der Waals surface area contributed by atoms with Crippen LogP contribution in [-0.2, 0) is 12.0 Å². The summed E-state index contributed by atoms with van der Waals surface area (Å²) in [6, 6.07) is 6.54. The molecule has 1 unspecified atom stereocenters. The minimum Gasteiger partial charge on any atom is -0.385 e. The second-order valence-electron chi connectivity index (χ2n) is 8.17. The van der Waals surface area contributed by atoms with Gasteiger partial charge in [0.05, 0.1) is 5.60 Å². The Bertz CT molecular complexity index is 538. The number of hydrogen-bond donors (Lipinski definition) is 2. The molecule has 0 bridgehead atoms. The van der Waals surface area contributed by atoms with E-state index in [9.17, 15) is 5.11 Å². The van der Waals surface area contributed by atoms with Crippen LogP contribution in [0.2, 0.25) is 0 Å². The Morgan fingerprint density at radius 2 is 1.76 bits per heavy atom. The molecule has 0 radical (unpaired) electrons. The van der Waals surface area contributed by atoms with Gasteiger partial charge in [0.2, 0.25) is 0 Å². The number of aliphatic hydroxyl groups is 1. The predicted molar refractivity (Wildman–Crippen MR) is 87.1 cm³/mol. The molecule has 21 heavy (non-hydrogen) atoms. The van der Waals surface area contributed by atoms with Gasteiger partial charge >= 0.3 is 0 Å². The van der Waals surface area contributed by atoms with E-state index in [1.165, 1.54) is 11.1 Å². The summed E-state index contributed by atoms with van der Waals surface area (Å²) in [6.07, 6.45) is 6.22. The Kier molecular flexibility index (Phi) is 3.46. The molecule has 2 heteroatoms. The quantitative estimate of drug-likeness (QED) is 0.871. The molecule has 0 heterocycles. The highest BCUT2D eigenvalue weighted by Gasteiger charge is 2.55. The van der Waals surface area contributed by atoms with Gasteiger partial charge in [-0.3, -0.25) is 0 Å². The highest BCUT2D eigenvalue weighted by Crippen LogP contribution is 2.57. The summed E-state index contributed by atoms with van der Waals surface area (Å²) in [6.45, 7) is 7.37. The Balaban J connectivity index is 2.01. The molecule has 116 valence electrons. The van der Waals surface area contributed by atoms with Crippen LogP contribution in [0.15, 0.2) is 18.2 Å². The fraction of sp³-hybridized carbons (Fsp3) is 0.684. The standard InChI is InChI=1S/C19H29NO/c1-14-4-5-15-6-7-19(21,16(15)12-14)18(13-20)10-8-17(2,3)9-11-18/h4-5,12,21H,6-11,13,20H2,1-3H3. The zero-order chi connectivity index (χ0) is 15.3. The normalized spacial score (nSPS) is 30.1. The predicted octanol–water partition coefficient (Wildman–Crippen LogP) is 3.67. The molecular formula is C19H29NO. The molecule has 0 spiro atoms. The number of hydrogen-bond acceptors (Lipinski definition) is 2. The fourth-order valence-corrected chi connectivity index (χ4v) is 4.49. The van der Waals surface area contributed by atoms with Crippen molar-refractivity contribution in [3.05, 3.63) is 34.9 Å². The van der Waals surface area contributed by atoms with Gasteiger partial charge < -0.3 is 10.8 Å². The average molecular weight is 287 g/mol. The summed E-state index contributed by atoms with van der Waals surface area (Å²) in [5.41, 5.74) is 9.47. The van der Waals surface area contributed by atoms with Crippen molar-refractivity contribution in [3.8, 4) is 0 Å². The van der Waals surface area contributed by atoms with Crippen LogP contribution in [-0.4, -0.2) is 11.7 Å². The van der Waals surface area contributed by atoms with Crippen molar-refractivity contribution in [1.82, 2.24) is 0 Å². The van der Waals surface area contributed by atoms with Crippen LogP contribution in [0.25, 0.3) is 0 Å². The molecule has 1 aromatic carbocycles. The zero-order valence-electron chi connectivity index (χ0n) is 13.7. The third-order valence-corrected chi connectivity index (χ3v) is 6.30. The van der Waals surface area contributed by atoms with E-state index in [0.717, 1.165) is 44.1 Å². The van der Waals surface area contributed by atoms with E-state index in [-0.39, 0.29) is 5.41 Å². The monoisotopic (exact) mass is 287 g/mol. The van der Waals surface area contributed by atoms with Gasteiger partial charge in [0, 0.05) is 12.0 Å². The molecule has 2 aliphatic carbocycles. The molecule has 1 fully saturated rings. The topological polar surface area (TPSA) is 46.2 Å². The van der Waals surface area contributed by atoms with Crippen LogP contribution in [0.3, 0.4) is 0 Å². The van der Waals surface area contributed by atoms with Crippen molar-refractivity contribution in [2.24, 2.45) is 16.6 Å². The van der Waals surface area contributed by atoms with Crippen molar-refractivity contribution in [1.29, 1.82) is 0 Å². The summed E-state index contributed by atoms with van der Waals surface area (Å²) in [5, 5.41) is 11.6. The highest BCUT2D eigenvalue weighted by atomic mass is 16.3. The summed E-state index contributed by atoms with van der Waals surface area (Å²) in [5.74, 6) is 0. The summed E-state index contributed by atoms with van der Waals surface area (Å²) in [7, 11) is 0. The third kappa shape index (κ3) is 2.24. The molecule has 0 amide bonds. The average Bonchev–Trinajstić information content (AvgIpc) is 2.78. The molecule has 2 nitrogen and oxygen atoms in total. The largest absolute Gasteiger partial charge is 0.385 e. The third-order valence-electron chi connectivity index (χ3n) is 6.30. The van der Waals surface area contributed by atoms with Crippen LogP contribution >= 0.6 is 0 Å². The first-order chi connectivity index (χ1) is 9.82. The first-order valence-corrected chi connectivity index (χ1v) is 8.34. The van der Waals surface area contributed by atoms with Crippen molar-refractivity contribution in [2.45, 2.75) is 64.9 Å². The number of aryl methyl sites for hydroxylation is 2. The number of nitrogens with two attached hydrogens (primary N) is 1. The zero-order valence-corrected chi connectivity index (χ0v) is 13.7. The Morgan fingerprint density at radius 3 is 2.38 bits per heavy atom. The smallest absolute Gasteiger partial charge is 0.0970 e. The van der Waals surface area contributed by atoms with Crippen LogP contribution in [0.5, 0.6) is 0 Å². The van der Waals surface area contributed by atoms with Gasteiger partial charge in [-0.05, 0) is 62.0 Å². The van der Waals surface area contributed by atoms with Crippen LogP contribution in [0.1, 0.15) is 62.6 Å². The molecule has 3 rings (SSSR count). The molecular weight excluding hydrogens is 258 g/mol. The van der Waals surface area contributed by atoms with Gasteiger partial charge in [-0.2, -0.15) is 0 Å². The van der Waals surface area contributed by atoms with Gasteiger partial charge in [-0.25, -0.2) is 0 Å². The van der Waals surface area contributed by atoms with E-state index < -0.39 is 5.60 Å². The lowest BCUT2D eigenvalue weighted by Gasteiger charge is -2.51. The fourth-order valence-electron chi connectivity index (χ4n) is 4.49. The molecule has 0 aliphatic heterocycles. The summed E-state index contributed by atoms with van der Waals surface area (Å²) >= 11 is 0. The summed E-state index contributed by atoms with van der Waals surface area (Å²) in [4.78, 5) is 0. The van der Waals surface area contributed by atoms with Crippen LogP contribution < -0.4 is 5.73 Å². The molecule has 0 saturated heterocycles. The van der Waals surface area contributed by atoms with Gasteiger partial charge in [0.15, 0.2) is 0 Å². The maximum Gasteiger partial charge on any atom is 0.0970 e. The number of rotatable bonds is 2. The molecule has 1 aromatic rings. The van der Waals surface area contributed by atoms with E-state index in [4.69, 9.17) is 5.73 Å². The van der Waals surface area contributed by atoms with E-state index in [1.54, 1.807) is 0 Å². The van der Waals surface area contributed by atoms with Gasteiger partial charge in [0.1, 0.15) is 0 Å². The molecule has 3 N–H and O–H groups in total. The van der Waals surface area contributed by atoms with Crippen molar-refractivity contribution < 1.29 is 5.11 Å². The molecule has 1 saturated carbocycles. The maximum absolute atomic E-state index is 11.6. The minimum atomic E-state index is -0.723. The van der Waals surface area contributed by atoms with Crippen LogP contribution in [0, 0.1) is 17.8 Å². The summed E-state index contributed by atoms with van der Waals surface area (Å²) < 4.78 is 0. The maximum atomic E-state index is 11.6. The van der Waals surface area contributed by atoms with Gasteiger partial charge in [-0.1, -0.05) is 37.6 Å². The Labute approximate surface area is 128 Å². The number of fused-ring (bicyclic) bond motifs is 1.